The summed E-state index contributed by atoms with van der Waals surface area (Å²) in [4.78, 5) is 22.4. The average molecular weight is 481 g/mol. The summed E-state index contributed by atoms with van der Waals surface area (Å²) >= 11 is 9.03. The number of hydrogen-bond acceptors (Lipinski definition) is 7. The van der Waals surface area contributed by atoms with Gasteiger partial charge in [0.05, 0.1) is 5.69 Å². The number of hydrogen-bond donors (Lipinski definition) is 0. The van der Waals surface area contributed by atoms with Gasteiger partial charge >= 0.3 is 0 Å². The van der Waals surface area contributed by atoms with E-state index in [2.05, 4.69) is 5.10 Å². The Labute approximate surface area is 197 Å². The second-order valence-corrected chi connectivity index (χ2v) is 9.42. The number of ether oxygens (including phenoxy) is 1. The molecule has 2 aromatic carbocycles. The van der Waals surface area contributed by atoms with Crippen LogP contribution in [0.25, 0.3) is 21.3 Å². The fourth-order valence-electron chi connectivity index (χ4n) is 3.29. The minimum absolute atomic E-state index is 0.214. The number of carbonyl (C=O) groups is 1. The molecule has 0 N–H and O–H groups in total. The molecular formula is C23H17ClN4O2S2. The Hall–Kier alpha value is -3.07. The van der Waals surface area contributed by atoms with Crippen LogP contribution >= 0.6 is 34.3 Å². The lowest BCUT2D eigenvalue weighted by atomic mass is 10.2. The maximum Gasteiger partial charge on any atom is 0.253 e. The Balaban J connectivity index is 1.45. The molecule has 32 heavy (non-hydrogen) atoms. The molecule has 160 valence electrons. The predicted octanol–water partition coefficient (Wildman–Crippen LogP) is 6.13. The maximum absolute atomic E-state index is 12.2. The fraction of sp³-hybridized carbons (Fsp3) is 0.130. The van der Waals surface area contributed by atoms with Gasteiger partial charge in [0.1, 0.15) is 20.6 Å². The number of amides is 1. The number of nitrogens with zero attached hydrogens (tertiary/aromatic N) is 4. The fourth-order valence-corrected chi connectivity index (χ4v) is 5.26. The van der Waals surface area contributed by atoms with Crippen LogP contribution in [0.3, 0.4) is 0 Å². The van der Waals surface area contributed by atoms with E-state index in [4.69, 9.17) is 26.3 Å². The topological polar surface area (TPSA) is 67.7 Å². The van der Waals surface area contributed by atoms with Crippen LogP contribution in [0.4, 0.5) is 0 Å². The van der Waals surface area contributed by atoms with Crippen LogP contribution in [0.1, 0.15) is 29.3 Å². The Kier molecular flexibility index (Phi) is 5.50. The van der Waals surface area contributed by atoms with Crippen molar-refractivity contribution in [2.45, 2.75) is 20.1 Å². The quantitative estimate of drug-likeness (QED) is 0.352. The zero-order chi connectivity index (χ0) is 22.2. The molecule has 1 aliphatic heterocycles. The third-order valence-electron chi connectivity index (χ3n) is 4.86. The van der Waals surface area contributed by atoms with Crippen LogP contribution in [0.5, 0.6) is 0 Å². The molecule has 0 radical (unpaired) electrons. The van der Waals surface area contributed by atoms with E-state index in [1.807, 2.05) is 54.8 Å². The summed E-state index contributed by atoms with van der Waals surface area (Å²) in [5.74, 6) is 0.161. The van der Waals surface area contributed by atoms with E-state index in [0.29, 0.717) is 10.9 Å². The predicted molar refractivity (Wildman–Crippen MR) is 128 cm³/mol. The monoisotopic (exact) mass is 480 g/mol. The molecule has 0 bridgehead atoms. The van der Waals surface area contributed by atoms with Gasteiger partial charge in [-0.3, -0.25) is 4.79 Å². The van der Waals surface area contributed by atoms with E-state index in [1.165, 1.54) is 23.3 Å². The third-order valence-corrected chi connectivity index (χ3v) is 7.17. The molecule has 0 saturated heterocycles. The van der Waals surface area contributed by atoms with Crippen molar-refractivity contribution in [1.29, 1.82) is 0 Å². The average Bonchev–Trinajstić information content (AvgIpc) is 3.53. The van der Waals surface area contributed by atoms with E-state index in [0.717, 1.165) is 37.4 Å². The van der Waals surface area contributed by atoms with Crippen molar-refractivity contribution in [3.05, 3.63) is 81.1 Å². The molecule has 3 heterocycles. The Morgan fingerprint density at radius 2 is 1.81 bits per heavy atom. The van der Waals surface area contributed by atoms with Crippen molar-refractivity contribution in [2.75, 3.05) is 0 Å². The minimum Gasteiger partial charge on any atom is -0.445 e. The van der Waals surface area contributed by atoms with Gasteiger partial charge in [0.15, 0.2) is 0 Å². The first kappa shape index (κ1) is 20.8. The normalized spacial score (nSPS) is 15.5. The molecular weight excluding hydrogens is 464 g/mol. The number of thiazole rings is 2. The summed E-state index contributed by atoms with van der Waals surface area (Å²) in [5, 5.41) is 10.1. The molecule has 1 amide bonds. The van der Waals surface area contributed by atoms with E-state index < -0.39 is 6.23 Å². The summed E-state index contributed by atoms with van der Waals surface area (Å²) in [6.45, 7) is 3.36. The molecule has 5 rings (SSSR count). The van der Waals surface area contributed by atoms with Gasteiger partial charge in [0.25, 0.3) is 5.90 Å². The number of carbonyl (C=O) groups excluding carboxylic acids is 1. The van der Waals surface area contributed by atoms with E-state index in [9.17, 15) is 4.79 Å². The molecule has 4 aromatic rings. The third kappa shape index (κ3) is 3.92. The number of hydrazone groups is 1. The lowest BCUT2D eigenvalue weighted by Crippen LogP contribution is -2.25. The van der Waals surface area contributed by atoms with Gasteiger partial charge < -0.3 is 4.74 Å². The van der Waals surface area contributed by atoms with Gasteiger partial charge in [-0.15, -0.1) is 27.8 Å². The first-order chi connectivity index (χ1) is 15.5. The van der Waals surface area contributed by atoms with Gasteiger partial charge in [0, 0.05) is 28.5 Å². The highest BCUT2D eigenvalue weighted by atomic mass is 35.5. The van der Waals surface area contributed by atoms with Crippen LogP contribution in [0.2, 0.25) is 5.02 Å². The van der Waals surface area contributed by atoms with Crippen LogP contribution in [-0.2, 0) is 9.53 Å². The lowest BCUT2D eigenvalue weighted by Gasteiger charge is -2.19. The van der Waals surface area contributed by atoms with Crippen molar-refractivity contribution in [3.8, 4) is 21.3 Å². The molecule has 1 atom stereocenters. The summed E-state index contributed by atoms with van der Waals surface area (Å²) in [6.07, 6.45) is -0.645. The van der Waals surface area contributed by atoms with E-state index in [-0.39, 0.29) is 5.91 Å². The van der Waals surface area contributed by atoms with Crippen LogP contribution in [0, 0.1) is 6.92 Å². The van der Waals surface area contributed by atoms with Gasteiger partial charge in [-0.25, -0.2) is 9.97 Å². The molecule has 1 aliphatic rings. The molecule has 1 unspecified atom stereocenters. The zero-order valence-electron chi connectivity index (χ0n) is 17.2. The number of halogens is 1. The van der Waals surface area contributed by atoms with E-state index in [1.54, 1.807) is 23.5 Å². The molecule has 0 spiro atoms. The molecule has 0 fully saturated rings. The van der Waals surface area contributed by atoms with Crippen molar-refractivity contribution in [3.63, 3.8) is 0 Å². The molecule has 0 saturated carbocycles. The van der Waals surface area contributed by atoms with Gasteiger partial charge in [-0.2, -0.15) is 5.01 Å². The van der Waals surface area contributed by atoms with Crippen molar-refractivity contribution in [1.82, 2.24) is 15.0 Å². The zero-order valence-corrected chi connectivity index (χ0v) is 19.5. The van der Waals surface area contributed by atoms with Gasteiger partial charge in [-0.05, 0) is 19.1 Å². The van der Waals surface area contributed by atoms with Crippen LogP contribution in [-0.4, -0.2) is 26.8 Å². The maximum atomic E-state index is 12.2. The van der Waals surface area contributed by atoms with Gasteiger partial charge in [-0.1, -0.05) is 54.1 Å². The summed E-state index contributed by atoms with van der Waals surface area (Å²) in [5.41, 5.74) is 3.45. The number of aromatic nitrogens is 2. The first-order valence-corrected chi connectivity index (χ1v) is 11.9. The van der Waals surface area contributed by atoms with Crippen molar-refractivity contribution >= 4 is 46.1 Å². The van der Waals surface area contributed by atoms with Crippen molar-refractivity contribution < 1.29 is 9.53 Å². The van der Waals surface area contributed by atoms with E-state index >= 15 is 0 Å². The Morgan fingerprint density at radius 1 is 1.06 bits per heavy atom. The number of benzene rings is 2. The highest BCUT2D eigenvalue weighted by Crippen LogP contribution is 2.36. The molecule has 6 nitrogen and oxygen atoms in total. The first-order valence-electron chi connectivity index (χ1n) is 9.79. The minimum atomic E-state index is -0.645. The second kappa shape index (κ2) is 8.46. The van der Waals surface area contributed by atoms with Crippen LogP contribution in [0.15, 0.2) is 65.1 Å². The molecule has 2 aromatic heterocycles. The Morgan fingerprint density at radius 3 is 2.53 bits per heavy atom. The Bertz CT molecular complexity index is 1320. The standard InChI is InChI=1S/C23H17ClN4O2S2/c1-13-19(20-27-28(14(2)29)23(30-20)16-8-10-17(24)11-9-16)32-22(25-13)18-12-31-21(26-18)15-6-4-3-5-7-15/h3-12,23H,1-2H3. The summed E-state index contributed by atoms with van der Waals surface area (Å²) < 4.78 is 6.12. The molecule has 0 aliphatic carbocycles. The summed E-state index contributed by atoms with van der Waals surface area (Å²) in [7, 11) is 0. The smallest absolute Gasteiger partial charge is 0.253 e. The largest absolute Gasteiger partial charge is 0.445 e. The highest BCUT2D eigenvalue weighted by molar-refractivity contribution is 7.18. The summed E-state index contributed by atoms with van der Waals surface area (Å²) in [6, 6.07) is 17.2. The van der Waals surface area contributed by atoms with Gasteiger partial charge in [0.2, 0.25) is 12.1 Å². The highest BCUT2D eigenvalue weighted by Gasteiger charge is 2.34. The van der Waals surface area contributed by atoms with Crippen molar-refractivity contribution in [2.24, 2.45) is 5.10 Å². The molecule has 9 heteroatoms. The van der Waals surface area contributed by atoms with Crippen LogP contribution < -0.4 is 0 Å². The lowest BCUT2D eigenvalue weighted by molar-refractivity contribution is -0.135. The second-order valence-electron chi connectivity index (χ2n) is 7.13. The number of aryl methyl sites for hydroxylation is 1. The number of rotatable bonds is 4. The SMILES string of the molecule is CC(=O)N1N=C(c2sc(-c3csc(-c4ccccc4)n3)nc2C)OC1c1ccc(Cl)cc1.